The Balaban J connectivity index is 1.64. The Bertz CT molecular complexity index is 1400. The lowest BCUT2D eigenvalue weighted by atomic mass is 9.97. The summed E-state index contributed by atoms with van der Waals surface area (Å²) in [7, 11) is 0. The van der Waals surface area contributed by atoms with Crippen molar-refractivity contribution in [1.82, 2.24) is 0 Å². The average molecular weight is 514 g/mol. The number of benzene rings is 4. The van der Waals surface area contributed by atoms with E-state index in [-0.39, 0.29) is 12.2 Å². The molecule has 0 radical (unpaired) electrons. The summed E-state index contributed by atoms with van der Waals surface area (Å²) in [6, 6.07) is 34.9. The molecule has 0 amide bonds. The van der Waals surface area contributed by atoms with E-state index < -0.39 is 4.87 Å². The van der Waals surface area contributed by atoms with Gasteiger partial charge in [-0.15, -0.1) is 0 Å². The topological polar surface area (TPSA) is 29.4 Å². The lowest BCUT2D eigenvalue weighted by molar-refractivity contribution is 0.0970. The summed E-state index contributed by atoms with van der Waals surface area (Å²) in [5, 5.41) is 1.27. The zero-order chi connectivity index (χ0) is 24.3. The van der Waals surface area contributed by atoms with Crippen LogP contribution in [0.15, 0.2) is 119 Å². The van der Waals surface area contributed by atoms with Crippen molar-refractivity contribution >= 4 is 52.5 Å². The number of hydrogen-bond acceptors (Lipinski definition) is 3. The third-order valence-electron chi connectivity index (χ3n) is 5.81. The normalized spacial score (nSPS) is 18.5. The van der Waals surface area contributed by atoms with Gasteiger partial charge in [-0.25, -0.2) is 0 Å². The van der Waals surface area contributed by atoms with Gasteiger partial charge in [0.1, 0.15) is 4.87 Å². The summed E-state index contributed by atoms with van der Waals surface area (Å²) in [5.74, 6) is 0.0122. The van der Waals surface area contributed by atoms with Crippen LogP contribution >= 0.6 is 35.0 Å². The van der Waals surface area contributed by atoms with Crippen molar-refractivity contribution in [2.45, 2.75) is 11.3 Å². The highest BCUT2D eigenvalue weighted by Crippen LogP contribution is 2.52. The van der Waals surface area contributed by atoms with Gasteiger partial charge in [0, 0.05) is 26.1 Å². The van der Waals surface area contributed by atoms with Gasteiger partial charge in [0.15, 0.2) is 5.78 Å². The molecule has 4 aromatic carbocycles. The number of rotatable bonds is 6. The predicted octanol–water partition coefficient (Wildman–Crippen LogP) is 8.70. The van der Waals surface area contributed by atoms with Gasteiger partial charge in [-0.2, -0.15) is 0 Å². The molecule has 0 fully saturated rings. The summed E-state index contributed by atoms with van der Waals surface area (Å²) < 4.78 is 0. The number of halogens is 2. The van der Waals surface area contributed by atoms with Crippen LogP contribution in [-0.2, 0) is 4.87 Å². The van der Waals surface area contributed by atoms with Crippen molar-refractivity contribution in [3.05, 3.63) is 146 Å². The van der Waals surface area contributed by atoms with Crippen LogP contribution in [0, 0.1) is 0 Å². The van der Waals surface area contributed by atoms with Crippen LogP contribution in [0.1, 0.15) is 33.5 Å². The van der Waals surface area contributed by atoms with Gasteiger partial charge in [0.05, 0.1) is 12.1 Å². The van der Waals surface area contributed by atoms with E-state index >= 15 is 0 Å². The molecule has 1 aliphatic heterocycles. The fraction of sp³-hybridized carbons (Fsp3) is 0.0667. The van der Waals surface area contributed by atoms with Crippen LogP contribution < -0.4 is 0 Å². The highest BCUT2D eigenvalue weighted by molar-refractivity contribution is 8.05. The lowest BCUT2D eigenvalue weighted by Gasteiger charge is -2.25. The maximum atomic E-state index is 13.5. The van der Waals surface area contributed by atoms with Crippen molar-refractivity contribution < 1.29 is 4.79 Å². The van der Waals surface area contributed by atoms with Crippen LogP contribution in [0.2, 0.25) is 10.0 Å². The summed E-state index contributed by atoms with van der Waals surface area (Å²) in [6.45, 7) is 0. The highest BCUT2D eigenvalue weighted by atomic mass is 35.5. The molecule has 0 aromatic heterocycles. The van der Waals surface area contributed by atoms with E-state index in [9.17, 15) is 4.79 Å². The van der Waals surface area contributed by atoms with Crippen molar-refractivity contribution in [1.29, 1.82) is 0 Å². The first-order valence-electron chi connectivity index (χ1n) is 11.2. The van der Waals surface area contributed by atoms with Gasteiger partial charge >= 0.3 is 0 Å². The number of Topliss-reactive ketones (excluding diaryl/α,β-unsaturated/α-hetero) is 1. The molecule has 4 aromatic rings. The second-order valence-electron chi connectivity index (χ2n) is 8.25. The first-order valence-corrected chi connectivity index (χ1v) is 12.8. The maximum absolute atomic E-state index is 13.5. The molecule has 1 aliphatic rings. The molecule has 1 heterocycles. The van der Waals surface area contributed by atoms with E-state index in [1.54, 1.807) is 36.0 Å². The molecule has 5 heteroatoms. The number of hydrogen-bond donors (Lipinski definition) is 0. The van der Waals surface area contributed by atoms with Gasteiger partial charge in [-0.05, 0) is 53.6 Å². The first kappa shape index (κ1) is 23.6. The molecular formula is C30H21Cl2NOS. The third-order valence-corrected chi connectivity index (χ3v) is 7.65. The van der Waals surface area contributed by atoms with Gasteiger partial charge in [-0.3, -0.25) is 9.79 Å². The predicted molar refractivity (Wildman–Crippen MR) is 149 cm³/mol. The Labute approximate surface area is 219 Å². The number of allylic oxidation sites excluding steroid dienone is 1. The molecule has 5 rings (SSSR count). The molecule has 0 spiro atoms. The Morgan fingerprint density at radius 3 is 1.97 bits per heavy atom. The largest absolute Gasteiger partial charge is 0.294 e. The van der Waals surface area contributed by atoms with E-state index in [2.05, 4.69) is 18.2 Å². The van der Waals surface area contributed by atoms with Gasteiger partial charge < -0.3 is 0 Å². The molecule has 0 bridgehead atoms. The van der Waals surface area contributed by atoms with Crippen LogP contribution in [0.5, 0.6) is 0 Å². The third kappa shape index (κ3) is 5.28. The molecule has 1 unspecified atom stereocenters. The lowest BCUT2D eigenvalue weighted by Crippen LogP contribution is -2.22. The second-order valence-corrected chi connectivity index (χ2v) is 10.4. The molecule has 1 atom stereocenters. The number of carbonyl (C=O) groups excluding carboxylic acids is 1. The summed E-state index contributed by atoms with van der Waals surface area (Å²) in [5.41, 5.74) is 4.48. The van der Waals surface area contributed by atoms with Crippen LogP contribution in [0.3, 0.4) is 0 Å². The van der Waals surface area contributed by atoms with Crippen LogP contribution in [-0.4, -0.2) is 11.5 Å². The molecule has 0 aliphatic carbocycles. The van der Waals surface area contributed by atoms with E-state index in [4.69, 9.17) is 28.2 Å². The van der Waals surface area contributed by atoms with E-state index in [0.717, 1.165) is 27.3 Å². The average Bonchev–Trinajstić information content (AvgIpc) is 3.25. The van der Waals surface area contributed by atoms with Gasteiger partial charge in [-0.1, -0.05) is 108 Å². The summed E-state index contributed by atoms with van der Waals surface area (Å²) in [6.07, 6.45) is 2.35. The van der Waals surface area contributed by atoms with E-state index in [1.807, 2.05) is 72.8 Å². The van der Waals surface area contributed by atoms with Gasteiger partial charge in [0.25, 0.3) is 0 Å². The first-order chi connectivity index (χ1) is 17.0. The minimum atomic E-state index is -0.798. The maximum Gasteiger partial charge on any atom is 0.166 e. The summed E-state index contributed by atoms with van der Waals surface area (Å²) >= 11 is 13.8. The zero-order valence-corrected chi connectivity index (χ0v) is 21.0. The minimum absolute atomic E-state index is 0.0122. The number of carbonyl (C=O) groups is 1. The van der Waals surface area contributed by atoms with Crippen molar-refractivity contribution in [3.8, 4) is 0 Å². The fourth-order valence-electron chi connectivity index (χ4n) is 4.06. The molecule has 0 saturated carbocycles. The monoisotopic (exact) mass is 513 g/mol. The van der Waals surface area contributed by atoms with E-state index in [1.165, 1.54) is 0 Å². The Morgan fingerprint density at radius 2 is 1.34 bits per heavy atom. The summed E-state index contributed by atoms with van der Waals surface area (Å²) in [4.78, 5) is 19.0. The minimum Gasteiger partial charge on any atom is -0.294 e. The number of nitrogens with zero attached hydrogens (tertiary/aromatic N) is 1. The highest BCUT2D eigenvalue weighted by Gasteiger charge is 2.42. The van der Waals surface area contributed by atoms with Crippen LogP contribution in [0.25, 0.3) is 6.08 Å². The molecule has 0 saturated heterocycles. The molecular weight excluding hydrogens is 493 g/mol. The van der Waals surface area contributed by atoms with Gasteiger partial charge in [0.2, 0.25) is 0 Å². The molecule has 0 N–H and O–H groups in total. The SMILES string of the molecule is O=C(CC1(c2ccccc2)N=C(c2ccc(Cl)cc2)/C(=C/c2ccccc2)S1)c1ccc(Cl)cc1. The number of thioether (sulfide) groups is 1. The Morgan fingerprint density at radius 1 is 0.771 bits per heavy atom. The Hall–Kier alpha value is -3.11. The van der Waals surface area contributed by atoms with Crippen LogP contribution in [0.4, 0.5) is 0 Å². The number of ketones is 1. The van der Waals surface area contributed by atoms with E-state index in [0.29, 0.717) is 15.6 Å². The fourth-order valence-corrected chi connectivity index (χ4v) is 5.72. The molecule has 172 valence electrons. The van der Waals surface area contributed by atoms with Crippen molar-refractivity contribution in [2.24, 2.45) is 4.99 Å². The quantitative estimate of drug-likeness (QED) is 0.241. The second kappa shape index (κ2) is 10.2. The smallest absolute Gasteiger partial charge is 0.166 e. The number of aliphatic imine (C=N–C) groups is 1. The van der Waals surface area contributed by atoms with Crippen molar-refractivity contribution in [3.63, 3.8) is 0 Å². The standard InChI is InChI=1S/C30H21Cl2NOS/c31-25-15-11-22(12-16-25)27(34)20-30(24-9-5-2-6-10-24)33-29(23-13-17-26(32)18-14-23)28(35-30)19-21-7-3-1-4-8-21/h1-19H,20H2/b28-19-. The molecule has 35 heavy (non-hydrogen) atoms. The van der Waals surface area contributed by atoms with Crippen molar-refractivity contribution in [2.75, 3.05) is 0 Å². The molecule has 2 nitrogen and oxygen atoms in total. The zero-order valence-electron chi connectivity index (χ0n) is 18.7. The Kier molecular flexibility index (Phi) is 6.92.